The smallest absolute Gasteiger partial charge is 0.358 e. The number of amides is 6. The summed E-state index contributed by atoms with van der Waals surface area (Å²) in [4.78, 5) is 110. The lowest BCUT2D eigenvalue weighted by atomic mass is 9.94. The Bertz CT molecular complexity index is 3470. The molecule has 2 aromatic heterocycles. The number of thiazole rings is 1. The van der Waals surface area contributed by atoms with Gasteiger partial charge in [-0.05, 0) is 143 Å². The molecule has 20 heteroatoms. The van der Waals surface area contributed by atoms with E-state index in [0.29, 0.717) is 86.0 Å². The number of nitrogens with zero attached hydrogens (tertiary/aromatic N) is 7. The number of rotatable bonds is 14. The van der Waals surface area contributed by atoms with Crippen LogP contribution in [0.1, 0.15) is 111 Å². The van der Waals surface area contributed by atoms with Crippen molar-refractivity contribution in [2.75, 3.05) is 74.1 Å². The normalized spacial score (nSPS) is 18.6. The van der Waals surface area contributed by atoms with Crippen molar-refractivity contribution in [1.29, 1.82) is 0 Å². The topological polar surface area (TPSA) is 204 Å². The van der Waals surface area contributed by atoms with Crippen LogP contribution in [0.4, 0.5) is 21.0 Å². The van der Waals surface area contributed by atoms with Gasteiger partial charge in [-0.3, -0.25) is 49.2 Å². The zero-order valence-electron chi connectivity index (χ0n) is 45.1. The predicted octanol–water partition coefficient (Wildman–Crippen LogP) is 7.81. The molecule has 0 radical (unpaired) electrons. The number of carbonyl (C=O) groups excluding carboxylic acids is 7. The molecule has 6 aromatic rings. The number of para-hydroxylation sites is 1. The van der Waals surface area contributed by atoms with Crippen LogP contribution in [-0.4, -0.2) is 137 Å². The van der Waals surface area contributed by atoms with E-state index in [4.69, 9.17) is 14.5 Å². The lowest BCUT2D eigenvalue weighted by molar-refractivity contribution is -0.136. The van der Waals surface area contributed by atoms with Crippen molar-refractivity contribution >= 4 is 79.6 Å². The van der Waals surface area contributed by atoms with Gasteiger partial charge in [0.2, 0.25) is 17.7 Å². The van der Waals surface area contributed by atoms with Crippen LogP contribution in [-0.2, 0) is 32.1 Å². The van der Waals surface area contributed by atoms with Crippen molar-refractivity contribution in [2.24, 2.45) is 5.92 Å². The number of nitrogens with one attached hydrogen (secondary N) is 2. The van der Waals surface area contributed by atoms with Gasteiger partial charge in [0, 0.05) is 63.4 Å². The fraction of sp³-hybridized carbons (Fsp3) is 0.383. The van der Waals surface area contributed by atoms with Crippen LogP contribution in [0.3, 0.4) is 0 Å². The highest BCUT2D eigenvalue weighted by Crippen LogP contribution is 2.37. The van der Waals surface area contributed by atoms with Gasteiger partial charge in [0.05, 0.1) is 40.2 Å². The summed E-state index contributed by atoms with van der Waals surface area (Å²) in [5, 5.41) is 5.72. The molecule has 0 saturated carbocycles. The van der Waals surface area contributed by atoms with E-state index in [1.54, 1.807) is 9.80 Å². The maximum atomic E-state index is 15.6. The number of aromatic nitrogens is 2. The predicted molar refractivity (Wildman–Crippen MR) is 299 cm³/mol. The van der Waals surface area contributed by atoms with E-state index in [0.717, 1.165) is 75.8 Å². The van der Waals surface area contributed by atoms with Crippen molar-refractivity contribution < 1.29 is 47.4 Å². The molecule has 4 aromatic carbocycles. The second-order valence-electron chi connectivity index (χ2n) is 22.1. The molecule has 1 unspecified atom stereocenters. The van der Waals surface area contributed by atoms with Gasteiger partial charge in [-0.2, -0.15) is 0 Å². The van der Waals surface area contributed by atoms with Gasteiger partial charge in [0.25, 0.3) is 17.7 Å². The lowest BCUT2D eigenvalue weighted by Gasteiger charge is -2.37. The molecule has 3 saturated heterocycles. The third-order valence-electron chi connectivity index (χ3n) is 15.6. The van der Waals surface area contributed by atoms with Gasteiger partial charge in [-0.25, -0.2) is 19.2 Å². The van der Waals surface area contributed by atoms with Gasteiger partial charge < -0.3 is 24.2 Å². The molecule has 18 nitrogen and oxygen atoms in total. The van der Waals surface area contributed by atoms with Crippen LogP contribution in [0.5, 0.6) is 5.75 Å². The third kappa shape index (κ3) is 11.1. The molecule has 3 fully saturated rings. The highest BCUT2D eigenvalue weighted by molar-refractivity contribution is 7.22. The number of esters is 1. The lowest BCUT2D eigenvalue weighted by Crippen LogP contribution is -2.54. The molecule has 414 valence electrons. The molecule has 5 aliphatic rings. The number of anilines is 3. The number of piperidine rings is 1. The summed E-state index contributed by atoms with van der Waals surface area (Å²) in [6.07, 6.45) is 3.34. The Morgan fingerprint density at radius 2 is 1.59 bits per heavy atom. The number of benzene rings is 4. The molecule has 0 bridgehead atoms. The van der Waals surface area contributed by atoms with Crippen LogP contribution in [0.2, 0.25) is 0 Å². The number of ether oxygens (including phenoxy) is 2. The molecule has 0 aliphatic carbocycles. The van der Waals surface area contributed by atoms with Crippen LogP contribution >= 0.6 is 11.3 Å². The molecular weight excluding hydrogens is 1040 g/mol. The molecule has 6 amide bonds. The van der Waals surface area contributed by atoms with Crippen LogP contribution in [0, 0.1) is 18.7 Å². The first-order chi connectivity index (χ1) is 38.5. The van der Waals surface area contributed by atoms with Crippen molar-refractivity contribution in [3.63, 3.8) is 0 Å². The van der Waals surface area contributed by atoms with E-state index in [2.05, 4.69) is 31.5 Å². The largest absolute Gasteiger partial charge is 0.493 e. The quantitative estimate of drug-likeness (QED) is 0.0607. The Hall–Kier alpha value is -8.10. The van der Waals surface area contributed by atoms with E-state index in [1.165, 1.54) is 17.4 Å². The Morgan fingerprint density at radius 3 is 2.36 bits per heavy atom. The minimum absolute atomic E-state index is 0.00279. The van der Waals surface area contributed by atoms with Gasteiger partial charge >= 0.3 is 5.97 Å². The third-order valence-corrected chi connectivity index (χ3v) is 16.6. The van der Waals surface area contributed by atoms with E-state index in [-0.39, 0.29) is 53.7 Å². The monoisotopic (exact) mass is 1100 g/mol. The molecule has 5 aliphatic heterocycles. The fourth-order valence-corrected chi connectivity index (χ4v) is 12.4. The first-order valence-electron chi connectivity index (χ1n) is 27.3. The maximum absolute atomic E-state index is 15.6. The highest BCUT2D eigenvalue weighted by Gasteiger charge is 2.45. The summed E-state index contributed by atoms with van der Waals surface area (Å²) in [7, 11) is 0. The number of halogens is 1. The Kier molecular flexibility index (Phi) is 15.0. The molecule has 0 spiro atoms. The van der Waals surface area contributed by atoms with E-state index < -0.39 is 47.1 Å². The zero-order chi connectivity index (χ0) is 56.0. The molecular formula is C60H62FN9O9S. The van der Waals surface area contributed by atoms with Gasteiger partial charge in [-0.1, -0.05) is 47.7 Å². The second-order valence-corrected chi connectivity index (χ2v) is 23.1. The standard InChI is InChI=1S/C60H62FN9O9S/c1-35-38(39-17-19-50(63-53(39)58(77)79-60(2,3)4)69-24-22-37-11-7-13-40(43(37)33-69)54(73)65-59-62-45-14-5-6-16-49(45)80-59)12-8-15-48(35)78-29-9-10-36-21-23-66(32-36)34-52(72)68-27-25-67(26-28-68)47-31-42-41(30-44(47)61)56(75)70(57(42)76)46-18-20-51(71)64-55(46)74/h5-8,11-17,19,30-31,36,46H,9-10,18,20-29,32-34H2,1-4H3,(H,62,65,73)(H,64,71,74)/t36-,46?/m0/s1. The number of hydrogen-bond acceptors (Lipinski definition) is 15. The van der Waals surface area contributed by atoms with Crippen molar-refractivity contribution in [3.05, 3.63) is 130 Å². The van der Waals surface area contributed by atoms with Crippen LogP contribution in [0.15, 0.2) is 84.9 Å². The Morgan fingerprint density at radius 1 is 0.812 bits per heavy atom. The summed E-state index contributed by atoms with van der Waals surface area (Å²) in [6.45, 7) is 12.2. The minimum Gasteiger partial charge on any atom is -0.493 e. The molecule has 2 N–H and O–H groups in total. The minimum atomic E-state index is -1.15. The van der Waals surface area contributed by atoms with Crippen LogP contribution < -0.4 is 25.2 Å². The number of hydrogen-bond donors (Lipinski definition) is 2. The van der Waals surface area contributed by atoms with Gasteiger partial charge in [-0.15, -0.1) is 0 Å². The number of piperazine rings is 1. The summed E-state index contributed by atoms with van der Waals surface area (Å²) < 4.78 is 28.9. The van der Waals surface area contributed by atoms with E-state index in [1.807, 2.05) is 94.4 Å². The zero-order valence-corrected chi connectivity index (χ0v) is 46.0. The first kappa shape index (κ1) is 53.9. The molecule has 7 heterocycles. The Labute approximate surface area is 466 Å². The van der Waals surface area contributed by atoms with E-state index >= 15 is 4.39 Å². The highest BCUT2D eigenvalue weighted by atomic mass is 32.1. The molecule has 80 heavy (non-hydrogen) atoms. The van der Waals surface area contributed by atoms with Crippen molar-refractivity contribution in [1.82, 2.24) is 30.0 Å². The van der Waals surface area contributed by atoms with E-state index in [9.17, 15) is 33.6 Å². The summed E-state index contributed by atoms with van der Waals surface area (Å²) in [5.41, 5.74) is 5.08. The Balaban J connectivity index is 0.678. The fourth-order valence-electron chi connectivity index (χ4n) is 11.5. The van der Waals surface area contributed by atoms with Crippen molar-refractivity contribution in [3.8, 4) is 16.9 Å². The average molecular weight is 1100 g/mol. The number of imide groups is 2. The maximum Gasteiger partial charge on any atom is 0.358 e. The summed E-state index contributed by atoms with van der Waals surface area (Å²) in [6, 6.07) is 24.4. The molecule has 2 atom stereocenters. The van der Waals surface area contributed by atoms with Gasteiger partial charge in [0.15, 0.2) is 10.8 Å². The second kappa shape index (κ2) is 22.2. The molecule has 11 rings (SSSR count). The summed E-state index contributed by atoms with van der Waals surface area (Å²) >= 11 is 1.43. The van der Waals surface area contributed by atoms with Crippen molar-refractivity contribution in [2.45, 2.75) is 84.4 Å². The number of likely N-dealkylation sites (tertiary alicyclic amines) is 1. The number of fused-ring (bicyclic) bond motifs is 3. The first-order valence-corrected chi connectivity index (χ1v) is 28.1. The van der Waals surface area contributed by atoms with Crippen LogP contribution in [0.25, 0.3) is 21.3 Å². The number of pyridine rings is 1. The average Bonchev–Trinajstić information content (AvgIpc) is 4.15. The number of carbonyl (C=O) groups is 7. The SMILES string of the molecule is Cc1c(OCCC[C@H]2CCN(CC(=O)N3CCN(c4cc5c(cc4F)C(=O)N(C4CCC(=O)NC4=O)C5=O)CC3)C2)cccc1-c1ccc(N2CCc3cccc(C(=O)Nc4nc5ccccc5s4)c3C2)nc1C(=O)OC(C)(C)C. The summed E-state index contributed by atoms with van der Waals surface area (Å²) in [5.74, 6) is -2.47. The van der Waals surface area contributed by atoms with Gasteiger partial charge in [0.1, 0.15) is 29.0 Å².